The van der Waals surface area contributed by atoms with Crippen molar-refractivity contribution in [3.63, 3.8) is 0 Å². The molecule has 2 rings (SSSR count). The van der Waals surface area contributed by atoms with Crippen LogP contribution in [0.3, 0.4) is 0 Å². The number of aryl methyl sites for hydroxylation is 1. The molecule has 0 saturated heterocycles. The fourth-order valence-electron chi connectivity index (χ4n) is 1.42. The second kappa shape index (κ2) is 4.63. The van der Waals surface area contributed by atoms with Gasteiger partial charge in [-0.05, 0) is 46.6 Å². The van der Waals surface area contributed by atoms with Gasteiger partial charge in [-0.15, -0.1) is 0 Å². The van der Waals surface area contributed by atoms with Crippen LogP contribution in [0, 0.1) is 12.7 Å². The summed E-state index contributed by atoms with van der Waals surface area (Å²) in [6.45, 7) is 1.72. The van der Waals surface area contributed by atoms with Gasteiger partial charge in [0.15, 0.2) is 5.76 Å². The van der Waals surface area contributed by atoms with Gasteiger partial charge in [0.2, 0.25) is 5.78 Å². The van der Waals surface area contributed by atoms with E-state index in [0.29, 0.717) is 10.0 Å². The van der Waals surface area contributed by atoms with Crippen molar-refractivity contribution < 1.29 is 13.6 Å². The van der Waals surface area contributed by atoms with E-state index in [1.165, 1.54) is 12.3 Å². The Morgan fingerprint density at radius 2 is 2.18 bits per heavy atom. The van der Waals surface area contributed by atoms with Crippen LogP contribution in [0.4, 0.5) is 4.39 Å². The van der Waals surface area contributed by atoms with Gasteiger partial charge in [0, 0.05) is 4.47 Å². The molecule has 0 bridgehead atoms. The number of benzene rings is 1. The molecule has 2 aromatic rings. The molecule has 0 atom stereocenters. The van der Waals surface area contributed by atoms with E-state index < -0.39 is 11.6 Å². The van der Waals surface area contributed by atoms with Crippen molar-refractivity contribution in [3.05, 3.63) is 56.7 Å². The summed E-state index contributed by atoms with van der Waals surface area (Å²) in [6, 6.07) is 4.09. The molecule has 1 aromatic carbocycles. The van der Waals surface area contributed by atoms with Gasteiger partial charge in [0.25, 0.3) is 0 Å². The summed E-state index contributed by atoms with van der Waals surface area (Å²) >= 11 is 8.92. The van der Waals surface area contributed by atoms with Crippen molar-refractivity contribution in [1.29, 1.82) is 0 Å². The minimum Gasteiger partial charge on any atom is -0.461 e. The highest BCUT2D eigenvalue weighted by Gasteiger charge is 2.20. The van der Waals surface area contributed by atoms with Crippen LogP contribution in [-0.2, 0) is 0 Å². The Morgan fingerprint density at radius 1 is 1.47 bits per heavy atom. The van der Waals surface area contributed by atoms with Gasteiger partial charge in [-0.3, -0.25) is 4.79 Å². The number of carbonyl (C=O) groups excluding carboxylic acids is 1. The van der Waals surface area contributed by atoms with Gasteiger partial charge < -0.3 is 4.42 Å². The van der Waals surface area contributed by atoms with E-state index in [2.05, 4.69) is 15.9 Å². The largest absolute Gasteiger partial charge is 0.461 e. The topological polar surface area (TPSA) is 30.2 Å². The third-order valence-corrected chi connectivity index (χ3v) is 3.52. The molecule has 1 heterocycles. The number of rotatable bonds is 2. The lowest BCUT2D eigenvalue weighted by Crippen LogP contribution is -2.04. The van der Waals surface area contributed by atoms with Crippen LogP contribution in [0.2, 0.25) is 5.02 Å². The first-order valence-electron chi connectivity index (χ1n) is 4.74. The first-order valence-corrected chi connectivity index (χ1v) is 5.91. The van der Waals surface area contributed by atoms with Gasteiger partial charge in [-0.1, -0.05) is 11.6 Å². The summed E-state index contributed by atoms with van der Waals surface area (Å²) in [5.74, 6) is -1.02. The number of hydrogen-bond donors (Lipinski definition) is 0. The van der Waals surface area contributed by atoms with E-state index in [9.17, 15) is 9.18 Å². The van der Waals surface area contributed by atoms with E-state index >= 15 is 0 Å². The first kappa shape index (κ1) is 12.3. The summed E-state index contributed by atoms with van der Waals surface area (Å²) in [6.07, 6.45) is 1.39. The van der Waals surface area contributed by atoms with E-state index in [-0.39, 0.29) is 16.3 Å². The first-order chi connectivity index (χ1) is 8.00. The van der Waals surface area contributed by atoms with Crippen molar-refractivity contribution >= 4 is 33.3 Å². The molecule has 0 amide bonds. The van der Waals surface area contributed by atoms with Crippen LogP contribution < -0.4 is 0 Å². The van der Waals surface area contributed by atoms with Gasteiger partial charge in [0.1, 0.15) is 5.82 Å². The number of ketones is 1. The monoisotopic (exact) mass is 316 g/mol. The summed E-state index contributed by atoms with van der Waals surface area (Å²) in [7, 11) is 0. The lowest BCUT2D eigenvalue weighted by atomic mass is 10.1. The number of hydrogen-bond acceptors (Lipinski definition) is 2. The molecule has 0 N–H and O–H groups in total. The minimum absolute atomic E-state index is 0.101. The highest BCUT2D eigenvalue weighted by atomic mass is 79.9. The third-order valence-electron chi connectivity index (χ3n) is 2.32. The summed E-state index contributed by atoms with van der Waals surface area (Å²) in [4.78, 5) is 12.0. The molecule has 0 fully saturated rings. The second-order valence-corrected chi connectivity index (χ2v) is 4.77. The Labute approximate surface area is 111 Å². The second-order valence-electron chi connectivity index (χ2n) is 3.51. The zero-order valence-corrected chi connectivity index (χ0v) is 11.1. The predicted octanol–water partition coefficient (Wildman–Crippen LogP) is 4.37. The molecule has 0 aliphatic rings. The van der Waals surface area contributed by atoms with E-state index in [1.54, 1.807) is 13.0 Å². The van der Waals surface area contributed by atoms with E-state index in [4.69, 9.17) is 16.0 Å². The molecule has 0 spiro atoms. The highest BCUT2D eigenvalue weighted by molar-refractivity contribution is 9.10. The van der Waals surface area contributed by atoms with Crippen molar-refractivity contribution in [2.45, 2.75) is 6.92 Å². The summed E-state index contributed by atoms with van der Waals surface area (Å²) < 4.78 is 19.1. The molecule has 1 aromatic heterocycles. The number of carbonyl (C=O) groups is 1. The maximum Gasteiger partial charge on any atom is 0.231 e. The number of furan rings is 1. The molecular weight excluding hydrogens is 310 g/mol. The number of halogens is 3. The molecule has 0 aliphatic heterocycles. The van der Waals surface area contributed by atoms with Crippen LogP contribution in [0.25, 0.3) is 0 Å². The van der Waals surface area contributed by atoms with Crippen LogP contribution in [0.15, 0.2) is 33.4 Å². The smallest absolute Gasteiger partial charge is 0.231 e. The molecule has 88 valence electrons. The average molecular weight is 318 g/mol. The van der Waals surface area contributed by atoms with Crippen LogP contribution >= 0.6 is 27.5 Å². The van der Waals surface area contributed by atoms with E-state index in [0.717, 1.165) is 6.07 Å². The van der Waals surface area contributed by atoms with Crippen LogP contribution in [0.5, 0.6) is 0 Å². The van der Waals surface area contributed by atoms with Crippen LogP contribution in [-0.4, -0.2) is 5.78 Å². The molecule has 0 saturated carbocycles. The fourth-order valence-corrected chi connectivity index (χ4v) is 1.90. The van der Waals surface area contributed by atoms with Crippen molar-refractivity contribution in [1.82, 2.24) is 0 Å². The normalized spacial score (nSPS) is 10.6. The summed E-state index contributed by atoms with van der Waals surface area (Å²) in [5, 5.41) is 0.277. The van der Waals surface area contributed by atoms with Crippen LogP contribution in [0.1, 0.15) is 21.7 Å². The maximum absolute atomic E-state index is 13.7. The molecule has 5 heteroatoms. The van der Waals surface area contributed by atoms with Gasteiger partial charge >= 0.3 is 0 Å². The molecule has 2 nitrogen and oxygen atoms in total. The van der Waals surface area contributed by atoms with Crippen molar-refractivity contribution in [2.75, 3.05) is 0 Å². The zero-order chi connectivity index (χ0) is 12.6. The Balaban J connectivity index is 2.52. The zero-order valence-electron chi connectivity index (χ0n) is 8.76. The molecule has 0 aliphatic carbocycles. The van der Waals surface area contributed by atoms with Gasteiger partial charge in [0.05, 0.1) is 16.8 Å². The van der Waals surface area contributed by atoms with E-state index in [1.807, 2.05) is 0 Å². The van der Waals surface area contributed by atoms with Gasteiger partial charge in [-0.25, -0.2) is 4.39 Å². The van der Waals surface area contributed by atoms with Crippen molar-refractivity contribution in [2.24, 2.45) is 0 Å². The standard InChI is InChI=1S/C12H7BrClFO2/c1-6-2-3-17-12(6)11(16)7-4-9(14)8(13)5-10(7)15/h2-5H,1H3. The van der Waals surface area contributed by atoms with Crippen molar-refractivity contribution in [3.8, 4) is 0 Å². The quantitative estimate of drug-likeness (QED) is 0.608. The highest BCUT2D eigenvalue weighted by Crippen LogP contribution is 2.27. The Kier molecular flexibility index (Phi) is 3.35. The molecule has 0 unspecified atom stereocenters. The van der Waals surface area contributed by atoms with Gasteiger partial charge in [-0.2, -0.15) is 0 Å². The molecule has 0 radical (unpaired) electrons. The molecule has 17 heavy (non-hydrogen) atoms. The Hall–Kier alpha value is -1.13. The lowest BCUT2D eigenvalue weighted by molar-refractivity contribution is 0.100. The third kappa shape index (κ3) is 2.28. The fraction of sp³-hybridized carbons (Fsp3) is 0.0833. The molecular formula is C12H7BrClFO2. The Bertz CT molecular complexity index is 592. The minimum atomic E-state index is -0.637. The lowest BCUT2D eigenvalue weighted by Gasteiger charge is -2.03. The SMILES string of the molecule is Cc1ccoc1C(=O)c1cc(Cl)c(Br)cc1F. The average Bonchev–Trinajstić information content (AvgIpc) is 2.69. The summed E-state index contributed by atoms with van der Waals surface area (Å²) in [5.41, 5.74) is 0.560. The predicted molar refractivity (Wildman–Crippen MR) is 66.0 cm³/mol. The Morgan fingerprint density at radius 3 is 2.76 bits per heavy atom. The maximum atomic E-state index is 13.7.